The van der Waals surface area contributed by atoms with Gasteiger partial charge in [0, 0.05) is 16.4 Å². The van der Waals surface area contributed by atoms with Crippen LogP contribution in [0.25, 0.3) is 0 Å². The molecule has 2 nitrogen and oxygen atoms in total. The van der Waals surface area contributed by atoms with E-state index in [0.717, 1.165) is 51.7 Å². The average Bonchev–Trinajstić information content (AvgIpc) is 3.04. The molecule has 0 aliphatic carbocycles. The van der Waals surface area contributed by atoms with Crippen molar-refractivity contribution in [1.29, 1.82) is 0 Å². The number of nitrogens with two attached hydrogens (primary N) is 1. The lowest BCUT2D eigenvalue weighted by atomic mass is 9.58. The minimum absolute atomic E-state index is 0.0112. The Kier molecular flexibility index (Phi) is 8.82. The smallest absolute Gasteiger partial charge is 0.0466 e. The highest BCUT2D eigenvalue weighted by molar-refractivity contribution is 5.54. The van der Waals surface area contributed by atoms with Crippen LogP contribution in [0.4, 0.5) is 0 Å². The van der Waals surface area contributed by atoms with Gasteiger partial charge in [0.25, 0.3) is 0 Å². The number of benzene rings is 4. The summed E-state index contributed by atoms with van der Waals surface area (Å²) in [7, 11) is 0. The fourth-order valence-electron chi connectivity index (χ4n) is 7.80. The van der Waals surface area contributed by atoms with E-state index in [0.29, 0.717) is 0 Å². The molecule has 1 heterocycles. The van der Waals surface area contributed by atoms with Crippen molar-refractivity contribution in [2.24, 2.45) is 5.73 Å². The molecule has 0 saturated carbocycles. The average molecular weight is 545 g/mol. The maximum atomic E-state index is 7.27. The Labute approximate surface area is 248 Å². The summed E-state index contributed by atoms with van der Waals surface area (Å²) >= 11 is 0. The van der Waals surface area contributed by atoms with Crippen LogP contribution in [-0.2, 0) is 10.8 Å². The maximum absolute atomic E-state index is 7.27. The van der Waals surface area contributed by atoms with Gasteiger partial charge in [0.2, 0.25) is 0 Å². The summed E-state index contributed by atoms with van der Waals surface area (Å²) in [5.74, 6) is 0. The van der Waals surface area contributed by atoms with E-state index in [1.165, 1.54) is 33.4 Å². The first-order chi connectivity index (χ1) is 19.9. The maximum Gasteiger partial charge on any atom is 0.0466 e. The quantitative estimate of drug-likeness (QED) is 0.203. The largest absolute Gasteiger partial charge is 0.324 e. The number of aryl methyl sites for hydroxylation is 1. The Balaban J connectivity index is 1.51. The third-order valence-electron chi connectivity index (χ3n) is 10.7. The van der Waals surface area contributed by atoms with E-state index in [2.05, 4.69) is 142 Å². The molecule has 1 fully saturated rings. The molecule has 4 aromatic carbocycles. The van der Waals surface area contributed by atoms with E-state index in [4.69, 9.17) is 5.73 Å². The second kappa shape index (κ2) is 12.3. The Bertz CT molecular complexity index is 1340. The van der Waals surface area contributed by atoms with Gasteiger partial charge in [-0.15, -0.1) is 0 Å². The predicted octanol–water partition coefficient (Wildman–Crippen LogP) is 8.58. The molecule has 2 N–H and O–H groups in total. The summed E-state index contributed by atoms with van der Waals surface area (Å²) in [6, 6.07) is 40.4. The number of hydrogen-bond acceptors (Lipinski definition) is 2. The van der Waals surface area contributed by atoms with Gasteiger partial charge in [0.15, 0.2) is 0 Å². The summed E-state index contributed by atoms with van der Waals surface area (Å²) < 4.78 is 0. The van der Waals surface area contributed by atoms with Crippen molar-refractivity contribution in [3.63, 3.8) is 0 Å². The lowest BCUT2D eigenvalue weighted by Crippen LogP contribution is -2.61. The fraction of sp³-hybridized carbons (Fsp3) is 0.385. The topological polar surface area (TPSA) is 29.3 Å². The molecule has 4 aromatic rings. The first-order valence-electron chi connectivity index (χ1n) is 15.6. The van der Waals surface area contributed by atoms with Gasteiger partial charge in [-0.25, -0.2) is 0 Å². The number of rotatable bonds is 10. The van der Waals surface area contributed by atoms with Crippen LogP contribution >= 0.6 is 0 Å². The first kappa shape index (κ1) is 29.3. The van der Waals surface area contributed by atoms with E-state index >= 15 is 0 Å². The van der Waals surface area contributed by atoms with Crippen LogP contribution in [-0.4, -0.2) is 30.1 Å². The number of nitrogens with zero attached hydrogens (tertiary/aromatic N) is 1. The first-order valence-corrected chi connectivity index (χ1v) is 15.6. The highest BCUT2D eigenvalue weighted by atomic mass is 15.1. The van der Waals surface area contributed by atoms with Gasteiger partial charge in [-0.3, -0.25) is 0 Å². The van der Waals surface area contributed by atoms with Crippen LogP contribution in [0.1, 0.15) is 79.3 Å². The second-order valence-corrected chi connectivity index (χ2v) is 12.3. The monoisotopic (exact) mass is 544 g/mol. The van der Waals surface area contributed by atoms with Crippen molar-refractivity contribution in [1.82, 2.24) is 4.90 Å². The van der Waals surface area contributed by atoms with Gasteiger partial charge in [0.05, 0.1) is 0 Å². The minimum atomic E-state index is -0.225. The summed E-state index contributed by atoms with van der Waals surface area (Å²) in [5.41, 5.74) is 15.2. The molecule has 1 aliphatic rings. The summed E-state index contributed by atoms with van der Waals surface area (Å²) in [4.78, 5) is 2.71. The van der Waals surface area contributed by atoms with Crippen LogP contribution in [0.3, 0.4) is 0 Å². The molecule has 0 spiro atoms. The zero-order chi connectivity index (χ0) is 28.9. The van der Waals surface area contributed by atoms with E-state index in [1.807, 2.05) is 0 Å². The van der Waals surface area contributed by atoms with Crippen LogP contribution in [0, 0.1) is 13.8 Å². The molecule has 5 rings (SSSR count). The second-order valence-electron chi connectivity index (χ2n) is 12.3. The fourth-order valence-corrected chi connectivity index (χ4v) is 7.80. The van der Waals surface area contributed by atoms with Crippen molar-refractivity contribution in [2.75, 3.05) is 19.6 Å². The zero-order valence-corrected chi connectivity index (χ0v) is 25.6. The van der Waals surface area contributed by atoms with E-state index in [-0.39, 0.29) is 16.4 Å². The molecule has 0 unspecified atom stereocenters. The molecule has 1 saturated heterocycles. The summed E-state index contributed by atoms with van der Waals surface area (Å²) in [6.07, 6.45) is 5.22. The Morgan fingerprint density at radius 3 is 1.71 bits per heavy atom. The molecular formula is C39H48N2. The van der Waals surface area contributed by atoms with Gasteiger partial charge in [-0.1, -0.05) is 123 Å². The van der Waals surface area contributed by atoms with Crippen molar-refractivity contribution < 1.29 is 0 Å². The Morgan fingerprint density at radius 2 is 1.20 bits per heavy atom. The third-order valence-corrected chi connectivity index (χ3v) is 10.7. The van der Waals surface area contributed by atoms with Crippen molar-refractivity contribution in [3.05, 3.63) is 143 Å². The highest BCUT2D eigenvalue weighted by Gasteiger charge is 2.49. The normalized spacial score (nSPS) is 16.0. The number of piperidine rings is 1. The van der Waals surface area contributed by atoms with E-state index in [9.17, 15) is 0 Å². The van der Waals surface area contributed by atoms with Crippen molar-refractivity contribution >= 4 is 0 Å². The molecule has 214 valence electrons. The van der Waals surface area contributed by atoms with E-state index < -0.39 is 0 Å². The van der Waals surface area contributed by atoms with Gasteiger partial charge in [-0.2, -0.15) is 0 Å². The molecule has 2 heteroatoms. The lowest BCUT2D eigenvalue weighted by molar-refractivity contribution is 0.0845. The lowest BCUT2D eigenvalue weighted by Gasteiger charge is -2.53. The van der Waals surface area contributed by atoms with Crippen molar-refractivity contribution in [3.8, 4) is 0 Å². The number of likely N-dealkylation sites (tertiary alicyclic amines) is 1. The van der Waals surface area contributed by atoms with Crippen LogP contribution in [0.2, 0.25) is 0 Å². The highest BCUT2D eigenvalue weighted by Crippen LogP contribution is 2.48. The number of hydrogen-bond donors (Lipinski definition) is 1. The molecule has 0 radical (unpaired) electrons. The minimum Gasteiger partial charge on any atom is -0.324 e. The van der Waals surface area contributed by atoms with Gasteiger partial charge < -0.3 is 10.6 Å². The summed E-state index contributed by atoms with van der Waals surface area (Å²) in [5, 5.41) is 0. The zero-order valence-electron chi connectivity index (χ0n) is 25.6. The summed E-state index contributed by atoms with van der Waals surface area (Å²) in [6.45, 7) is 12.3. The Hall–Kier alpha value is -3.20. The molecule has 0 aromatic heterocycles. The van der Waals surface area contributed by atoms with Crippen molar-refractivity contribution in [2.45, 2.75) is 76.2 Å². The predicted molar refractivity (Wildman–Crippen MR) is 175 cm³/mol. The van der Waals surface area contributed by atoms with Crippen LogP contribution in [0.15, 0.2) is 109 Å². The third kappa shape index (κ3) is 5.29. The van der Waals surface area contributed by atoms with Gasteiger partial charge >= 0.3 is 0 Å². The molecule has 0 bridgehead atoms. The molecule has 0 atom stereocenters. The molecule has 41 heavy (non-hydrogen) atoms. The van der Waals surface area contributed by atoms with E-state index in [1.54, 1.807) is 0 Å². The molecule has 1 aliphatic heterocycles. The standard InChI is InChI=1S/C39H48N2/c1-5-38(40,6-2)37(33-18-10-7-11-19-33)25-28-41(29-26-37)30-27-39(34-20-12-8-13-21-34,35-22-14-9-15-23-35)36-24-16-17-31(3)32(36)4/h7-24H,5-6,25-30,40H2,1-4H3. The molecule has 0 amide bonds. The van der Waals surface area contributed by atoms with Crippen LogP contribution < -0.4 is 5.73 Å². The van der Waals surface area contributed by atoms with Gasteiger partial charge in [-0.05, 0) is 99.0 Å². The van der Waals surface area contributed by atoms with Gasteiger partial charge in [0.1, 0.15) is 0 Å². The SMILES string of the molecule is CCC(N)(CC)C1(c2ccccc2)CCN(CCC(c2ccccc2)(c2ccccc2)c2cccc(C)c2C)CC1. The molecular weight excluding hydrogens is 496 g/mol. The Morgan fingerprint density at radius 1 is 0.683 bits per heavy atom. The van der Waals surface area contributed by atoms with Crippen LogP contribution in [0.5, 0.6) is 0 Å².